The number of sulfone groups is 1. The van der Waals surface area contributed by atoms with Gasteiger partial charge in [-0.1, -0.05) is 24.3 Å². The zero-order chi connectivity index (χ0) is 30.3. The third-order valence-corrected chi connectivity index (χ3v) is 10.2. The molecule has 0 unspecified atom stereocenters. The van der Waals surface area contributed by atoms with Crippen LogP contribution in [-0.2, 0) is 20.2 Å². The van der Waals surface area contributed by atoms with Gasteiger partial charge in [-0.05, 0) is 73.6 Å². The van der Waals surface area contributed by atoms with E-state index in [-0.39, 0.29) is 54.3 Å². The van der Waals surface area contributed by atoms with Gasteiger partial charge in [-0.3, -0.25) is 9.78 Å². The van der Waals surface area contributed by atoms with E-state index in [0.717, 1.165) is 36.4 Å². The average molecular weight is 604 g/mol. The molecule has 1 N–H and O–H groups in total. The number of aliphatic hydroxyl groups is 1. The Balaban J connectivity index is 1.72. The number of rotatable bonds is 7. The van der Waals surface area contributed by atoms with Gasteiger partial charge in [0.05, 0.1) is 4.90 Å². The van der Waals surface area contributed by atoms with Crippen molar-refractivity contribution < 1.29 is 49.1 Å². The summed E-state index contributed by atoms with van der Waals surface area (Å²) in [6.07, 6.45) is -9.05. The number of hydrogen-bond donors (Lipinski definition) is 1. The van der Waals surface area contributed by atoms with Gasteiger partial charge in [-0.2, -0.15) is 26.3 Å². The van der Waals surface area contributed by atoms with E-state index < -0.39 is 43.9 Å². The molecule has 1 aliphatic rings. The Morgan fingerprint density at radius 1 is 0.902 bits per heavy atom. The Morgan fingerprint density at radius 3 is 1.95 bits per heavy atom. The van der Waals surface area contributed by atoms with Crippen LogP contribution >= 0.6 is 0 Å². The van der Waals surface area contributed by atoms with Crippen LogP contribution in [0.15, 0.2) is 78.0 Å². The molecule has 0 radical (unpaired) electrons. The van der Waals surface area contributed by atoms with Crippen LogP contribution in [0, 0.1) is 11.7 Å². The molecule has 1 aliphatic carbocycles. The van der Waals surface area contributed by atoms with Gasteiger partial charge in [0.15, 0.2) is 15.6 Å². The third kappa shape index (κ3) is 5.49. The first-order valence-electron chi connectivity index (χ1n) is 12.4. The minimum Gasteiger partial charge on any atom is -0.369 e. The first-order chi connectivity index (χ1) is 19.0. The molecule has 4 rings (SSSR count). The van der Waals surface area contributed by atoms with Crippen molar-refractivity contribution in [2.75, 3.05) is 0 Å². The number of carbonyl (C=O) groups is 1. The predicted molar refractivity (Wildman–Crippen MR) is 133 cm³/mol. The molecule has 1 heterocycles. The van der Waals surface area contributed by atoms with E-state index in [1.807, 2.05) is 0 Å². The molecule has 0 atom stereocenters. The quantitative estimate of drug-likeness (QED) is 0.185. The van der Waals surface area contributed by atoms with Crippen molar-refractivity contribution in [2.45, 2.75) is 59.7 Å². The first-order valence-corrected chi connectivity index (χ1v) is 13.9. The van der Waals surface area contributed by atoms with Crippen molar-refractivity contribution >= 4 is 15.6 Å². The number of halogens is 7. The lowest BCUT2D eigenvalue weighted by atomic mass is 9.75. The van der Waals surface area contributed by atoms with Crippen LogP contribution in [-0.4, -0.2) is 36.6 Å². The van der Waals surface area contributed by atoms with Crippen LogP contribution < -0.4 is 0 Å². The molecule has 1 fully saturated rings. The zero-order valence-electron chi connectivity index (χ0n) is 21.2. The number of benzene rings is 2. The van der Waals surface area contributed by atoms with Crippen LogP contribution in [0.5, 0.6) is 0 Å². The summed E-state index contributed by atoms with van der Waals surface area (Å²) in [7, 11) is -4.37. The smallest absolute Gasteiger partial charge is 0.369 e. The topological polar surface area (TPSA) is 84.3 Å². The SMILES string of the molecule is O=C(CC1CCC(c2ccc(C(O)(C(F)(F)F)C(F)(F)F)cc2)(S(=O)(=O)c2ccc(F)cc2)CC1)c1cccnc1. The highest BCUT2D eigenvalue weighted by molar-refractivity contribution is 7.92. The van der Waals surface area contributed by atoms with Crippen LogP contribution in [0.3, 0.4) is 0 Å². The molecule has 0 bridgehead atoms. The molecule has 220 valence electrons. The van der Waals surface area contributed by atoms with E-state index in [9.17, 15) is 49.1 Å². The fraction of sp³-hybridized carbons (Fsp3) is 0.357. The number of pyridine rings is 1. The summed E-state index contributed by atoms with van der Waals surface area (Å²) >= 11 is 0. The summed E-state index contributed by atoms with van der Waals surface area (Å²) < 4.78 is 120. The largest absolute Gasteiger partial charge is 0.430 e. The minimum atomic E-state index is -6.11. The van der Waals surface area contributed by atoms with E-state index in [1.165, 1.54) is 12.4 Å². The molecule has 0 aliphatic heterocycles. The van der Waals surface area contributed by atoms with Crippen molar-refractivity contribution in [3.05, 3.63) is 95.6 Å². The Morgan fingerprint density at radius 2 is 1.46 bits per heavy atom. The van der Waals surface area contributed by atoms with Crippen LogP contribution in [0.1, 0.15) is 53.6 Å². The molecular weight excluding hydrogens is 579 g/mol. The normalized spacial score (nSPS) is 20.5. The standard InChI is InChI=1S/C28H24F7NO4S/c29-22-7-9-23(10-8-22)41(39,40)25(13-11-18(12-14-25)16-24(37)19-2-1-15-36-17-19)20-3-5-21(6-4-20)26(38,27(30,31)32)28(33,34)35/h1-10,15,17-18,38H,11-14,16H2. The van der Waals surface area contributed by atoms with Gasteiger partial charge in [0.2, 0.25) is 0 Å². The molecule has 0 amide bonds. The van der Waals surface area contributed by atoms with E-state index in [1.54, 1.807) is 12.1 Å². The van der Waals surface area contributed by atoms with Gasteiger partial charge in [0.1, 0.15) is 10.6 Å². The van der Waals surface area contributed by atoms with Crippen molar-refractivity contribution in [1.29, 1.82) is 0 Å². The number of alkyl halides is 6. The van der Waals surface area contributed by atoms with Crippen molar-refractivity contribution in [1.82, 2.24) is 4.98 Å². The second kappa shape index (κ2) is 10.8. The lowest BCUT2D eigenvalue weighted by molar-refractivity contribution is -0.376. The second-order valence-electron chi connectivity index (χ2n) is 10.0. The maximum Gasteiger partial charge on any atom is 0.430 e. The van der Waals surface area contributed by atoms with Crippen molar-refractivity contribution in [3.63, 3.8) is 0 Å². The Hall–Kier alpha value is -3.32. The van der Waals surface area contributed by atoms with E-state index in [0.29, 0.717) is 17.7 Å². The van der Waals surface area contributed by atoms with Gasteiger partial charge in [0.25, 0.3) is 5.60 Å². The summed E-state index contributed by atoms with van der Waals surface area (Å²) in [6, 6.07) is 9.59. The van der Waals surface area contributed by atoms with Gasteiger partial charge in [-0.15, -0.1) is 0 Å². The molecule has 2 aromatic carbocycles. The summed E-state index contributed by atoms with van der Waals surface area (Å²) in [5.74, 6) is -1.17. The molecule has 41 heavy (non-hydrogen) atoms. The summed E-state index contributed by atoms with van der Waals surface area (Å²) in [6.45, 7) is 0. The number of hydrogen-bond acceptors (Lipinski definition) is 5. The zero-order valence-corrected chi connectivity index (χ0v) is 22.0. The molecule has 1 aromatic heterocycles. The van der Waals surface area contributed by atoms with Gasteiger partial charge in [0, 0.05) is 29.9 Å². The molecule has 5 nitrogen and oxygen atoms in total. The summed E-state index contributed by atoms with van der Waals surface area (Å²) in [5.41, 5.74) is -6.41. The summed E-state index contributed by atoms with van der Waals surface area (Å²) in [5, 5.41) is 9.76. The van der Waals surface area contributed by atoms with Crippen LogP contribution in [0.25, 0.3) is 0 Å². The number of aromatic nitrogens is 1. The number of ketones is 1. The molecule has 1 saturated carbocycles. The van der Waals surface area contributed by atoms with Crippen molar-refractivity contribution in [2.24, 2.45) is 5.92 Å². The monoisotopic (exact) mass is 603 g/mol. The fourth-order valence-electron chi connectivity index (χ4n) is 5.31. The first kappa shape index (κ1) is 30.6. The molecule has 0 saturated heterocycles. The van der Waals surface area contributed by atoms with E-state index in [4.69, 9.17) is 0 Å². The van der Waals surface area contributed by atoms with Crippen LogP contribution in [0.4, 0.5) is 30.7 Å². The second-order valence-corrected chi connectivity index (χ2v) is 12.3. The Bertz CT molecular complexity index is 1470. The lowest BCUT2D eigenvalue weighted by Crippen LogP contribution is -2.54. The fourth-order valence-corrected chi connectivity index (χ4v) is 7.48. The lowest BCUT2D eigenvalue weighted by Gasteiger charge is -2.40. The van der Waals surface area contributed by atoms with Gasteiger partial charge >= 0.3 is 12.4 Å². The predicted octanol–water partition coefficient (Wildman–Crippen LogP) is 6.67. The van der Waals surface area contributed by atoms with Crippen molar-refractivity contribution in [3.8, 4) is 0 Å². The Labute approximate surface area is 231 Å². The minimum absolute atomic E-state index is 0.0848. The Kier molecular flexibility index (Phi) is 8.09. The van der Waals surface area contributed by atoms with E-state index in [2.05, 4.69) is 4.98 Å². The molecule has 13 heteroatoms. The van der Waals surface area contributed by atoms with Crippen LogP contribution in [0.2, 0.25) is 0 Å². The maximum absolute atomic E-state index is 14.0. The molecular formula is C28H24F7NO4S. The number of nitrogens with zero attached hydrogens (tertiary/aromatic N) is 1. The third-order valence-electron chi connectivity index (χ3n) is 7.66. The highest BCUT2D eigenvalue weighted by Gasteiger charge is 2.71. The van der Waals surface area contributed by atoms with E-state index >= 15 is 0 Å². The molecule has 0 spiro atoms. The maximum atomic E-state index is 14.0. The highest BCUT2D eigenvalue weighted by atomic mass is 32.2. The summed E-state index contributed by atoms with van der Waals surface area (Å²) in [4.78, 5) is 16.3. The molecule has 3 aromatic rings. The number of Topliss-reactive ketones (excluding diaryl/α,β-unsaturated/α-hetero) is 1. The number of carbonyl (C=O) groups excluding carboxylic acids is 1. The highest BCUT2D eigenvalue weighted by Crippen LogP contribution is 2.52. The van der Waals surface area contributed by atoms with Gasteiger partial charge < -0.3 is 5.11 Å². The average Bonchev–Trinajstić information content (AvgIpc) is 2.92. The van der Waals surface area contributed by atoms with Gasteiger partial charge in [-0.25, -0.2) is 12.8 Å².